The molecule has 3 aliphatic heterocycles. The highest BCUT2D eigenvalue weighted by molar-refractivity contribution is 5.46. The number of ether oxygens (including phenoxy) is 1. The second kappa shape index (κ2) is 6.20. The van der Waals surface area contributed by atoms with Crippen molar-refractivity contribution in [3.8, 4) is 0 Å². The summed E-state index contributed by atoms with van der Waals surface area (Å²) in [5.41, 5.74) is 0. The van der Waals surface area contributed by atoms with E-state index in [0.29, 0.717) is 23.7 Å². The molecule has 0 aliphatic carbocycles. The minimum absolute atomic E-state index is 0.314. The van der Waals surface area contributed by atoms with Crippen LogP contribution in [0.25, 0.3) is 0 Å². The van der Waals surface area contributed by atoms with Crippen molar-refractivity contribution in [3.63, 3.8) is 0 Å². The largest absolute Gasteiger partial charge is 0.379 e. The minimum atomic E-state index is -0.314. The number of rotatable bonds is 2. The first-order chi connectivity index (χ1) is 11.2. The average molecular weight is 321 g/mol. The quantitative estimate of drug-likeness (QED) is 0.809. The molecular weight excluding hydrogens is 297 g/mol. The van der Waals surface area contributed by atoms with Crippen molar-refractivity contribution in [1.82, 2.24) is 14.9 Å². The van der Waals surface area contributed by atoms with E-state index in [0.717, 1.165) is 58.8 Å². The standard InChI is InChI=1S/C16H24FN5O/c1-20-7-12-8-22(9-13(20)11-23-10-12)16-18-6-14(17)15(19-16)21-4-2-3-5-21/h6,12-13H,2-5,7-11H2,1H3/t12-,13+/m1/s1. The fourth-order valence-corrected chi connectivity index (χ4v) is 3.87. The summed E-state index contributed by atoms with van der Waals surface area (Å²) in [5.74, 6) is 1.24. The van der Waals surface area contributed by atoms with E-state index in [1.807, 2.05) is 4.90 Å². The third kappa shape index (κ3) is 2.99. The molecule has 3 aliphatic rings. The summed E-state index contributed by atoms with van der Waals surface area (Å²) >= 11 is 0. The van der Waals surface area contributed by atoms with Crippen LogP contribution in [0.1, 0.15) is 12.8 Å². The number of halogens is 1. The van der Waals surface area contributed by atoms with Gasteiger partial charge in [-0.15, -0.1) is 0 Å². The van der Waals surface area contributed by atoms with Crippen LogP contribution < -0.4 is 9.80 Å². The van der Waals surface area contributed by atoms with Crippen LogP contribution in [-0.4, -0.2) is 73.9 Å². The van der Waals surface area contributed by atoms with Gasteiger partial charge in [0.15, 0.2) is 11.6 Å². The van der Waals surface area contributed by atoms with Gasteiger partial charge >= 0.3 is 0 Å². The van der Waals surface area contributed by atoms with Gasteiger partial charge in [-0.1, -0.05) is 0 Å². The van der Waals surface area contributed by atoms with Gasteiger partial charge in [-0.3, -0.25) is 4.90 Å². The maximum absolute atomic E-state index is 14.1. The van der Waals surface area contributed by atoms with E-state index in [9.17, 15) is 4.39 Å². The molecule has 0 N–H and O–H groups in total. The Morgan fingerprint density at radius 2 is 1.96 bits per heavy atom. The molecule has 0 saturated carbocycles. The summed E-state index contributed by atoms with van der Waals surface area (Å²) < 4.78 is 19.9. The Morgan fingerprint density at radius 1 is 1.13 bits per heavy atom. The van der Waals surface area contributed by atoms with E-state index in [1.54, 1.807) is 0 Å². The van der Waals surface area contributed by atoms with Crippen LogP contribution in [0.5, 0.6) is 0 Å². The molecule has 3 fully saturated rings. The number of anilines is 2. The molecule has 7 heteroatoms. The fourth-order valence-electron chi connectivity index (χ4n) is 3.87. The highest BCUT2D eigenvalue weighted by atomic mass is 19.1. The monoisotopic (exact) mass is 321 g/mol. The molecule has 23 heavy (non-hydrogen) atoms. The number of hydrogen-bond donors (Lipinski definition) is 0. The van der Waals surface area contributed by atoms with Gasteiger partial charge in [0.2, 0.25) is 5.95 Å². The Hall–Kier alpha value is -1.47. The maximum atomic E-state index is 14.1. The molecule has 4 rings (SSSR count). The van der Waals surface area contributed by atoms with Crippen molar-refractivity contribution < 1.29 is 9.13 Å². The first-order valence-corrected chi connectivity index (χ1v) is 8.51. The highest BCUT2D eigenvalue weighted by Gasteiger charge is 2.33. The number of fused-ring (bicyclic) bond motifs is 3. The molecule has 4 heterocycles. The van der Waals surface area contributed by atoms with Crippen LogP contribution >= 0.6 is 0 Å². The van der Waals surface area contributed by atoms with Gasteiger partial charge < -0.3 is 14.5 Å². The van der Waals surface area contributed by atoms with Gasteiger partial charge in [0.1, 0.15) is 0 Å². The molecule has 2 bridgehead atoms. The molecule has 6 nitrogen and oxygen atoms in total. The predicted molar refractivity (Wildman–Crippen MR) is 86.4 cm³/mol. The molecule has 2 atom stereocenters. The van der Waals surface area contributed by atoms with E-state index >= 15 is 0 Å². The Balaban J connectivity index is 1.61. The maximum Gasteiger partial charge on any atom is 0.227 e. The van der Waals surface area contributed by atoms with Gasteiger partial charge in [0.05, 0.1) is 25.5 Å². The lowest BCUT2D eigenvalue weighted by Gasteiger charge is -2.30. The zero-order chi connectivity index (χ0) is 15.8. The molecule has 0 unspecified atom stereocenters. The minimum Gasteiger partial charge on any atom is -0.379 e. The zero-order valence-electron chi connectivity index (χ0n) is 13.6. The van der Waals surface area contributed by atoms with Gasteiger partial charge in [0.25, 0.3) is 0 Å². The summed E-state index contributed by atoms with van der Waals surface area (Å²) in [6.07, 6.45) is 3.54. The van der Waals surface area contributed by atoms with E-state index in [4.69, 9.17) is 4.74 Å². The van der Waals surface area contributed by atoms with Crippen LogP contribution in [0.2, 0.25) is 0 Å². The first-order valence-electron chi connectivity index (χ1n) is 8.51. The summed E-state index contributed by atoms with van der Waals surface area (Å²) in [7, 11) is 2.15. The molecule has 1 aromatic heterocycles. The van der Waals surface area contributed by atoms with Crippen LogP contribution in [0.4, 0.5) is 16.2 Å². The smallest absolute Gasteiger partial charge is 0.227 e. The van der Waals surface area contributed by atoms with Crippen LogP contribution in [-0.2, 0) is 4.74 Å². The number of nitrogens with zero attached hydrogens (tertiary/aromatic N) is 5. The number of likely N-dealkylation sites (N-methyl/N-ethyl adjacent to an activating group) is 1. The normalized spacial score (nSPS) is 29.0. The van der Waals surface area contributed by atoms with Gasteiger partial charge in [0, 0.05) is 38.6 Å². The van der Waals surface area contributed by atoms with Crippen molar-refractivity contribution in [1.29, 1.82) is 0 Å². The Morgan fingerprint density at radius 3 is 2.78 bits per heavy atom. The van der Waals surface area contributed by atoms with Crippen molar-refractivity contribution in [2.45, 2.75) is 18.9 Å². The topological polar surface area (TPSA) is 44.7 Å². The van der Waals surface area contributed by atoms with Crippen molar-refractivity contribution in [3.05, 3.63) is 12.0 Å². The Kier molecular flexibility index (Phi) is 4.07. The summed E-state index contributed by atoms with van der Waals surface area (Å²) in [6.45, 7) is 6.01. The predicted octanol–water partition coefficient (Wildman–Crippen LogP) is 0.983. The molecule has 0 aromatic carbocycles. The lowest BCUT2D eigenvalue weighted by Crippen LogP contribution is -2.43. The van der Waals surface area contributed by atoms with E-state index in [2.05, 4.69) is 26.8 Å². The average Bonchev–Trinajstić information content (AvgIpc) is 2.93. The van der Waals surface area contributed by atoms with Crippen LogP contribution in [0.3, 0.4) is 0 Å². The molecular formula is C16H24FN5O. The van der Waals surface area contributed by atoms with E-state index < -0.39 is 0 Å². The summed E-state index contributed by atoms with van der Waals surface area (Å²) in [4.78, 5) is 15.5. The molecule has 3 saturated heterocycles. The number of hydrogen-bond acceptors (Lipinski definition) is 6. The van der Waals surface area contributed by atoms with Gasteiger partial charge in [-0.25, -0.2) is 9.37 Å². The lowest BCUT2D eigenvalue weighted by atomic mass is 10.1. The molecule has 1 aromatic rings. The summed E-state index contributed by atoms with van der Waals surface area (Å²) in [6, 6.07) is 0.339. The summed E-state index contributed by atoms with van der Waals surface area (Å²) in [5, 5.41) is 0. The van der Waals surface area contributed by atoms with Crippen molar-refractivity contribution in [2.24, 2.45) is 5.92 Å². The third-order valence-corrected chi connectivity index (χ3v) is 5.14. The second-order valence-corrected chi connectivity index (χ2v) is 6.94. The molecule has 0 amide bonds. The van der Waals surface area contributed by atoms with Crippen LogP contribution in [0.15, 0.2) is 6.20 Å². The lowest BCUT2D eigenvalue weighted by molar-refractivity contribution is 0.0928. The van der Waals surface area contributed by atoms with Crippen molar-refractivity contribution in [2.75, 3.05) is 62.8 Å². The van der Waals surface area contributed by atoms with E-state index in [1.165, 1.54) is 6.20 Å². The molecule has 126 valence electrons. The zero-order valence-corrected chi connectivity index (χ0v) is 13.6. The van der Waals surface area contributed by atoms with Gasteiger partial charge in [-0.2, -0.15) is 4.98 Å². The van der Waals surface area contributed by atoms with Crippen LogP contribution in [0, 0.1) is 11.7 Å². The SMILES string of the molecule is CN1C[C@H]2COC[C@@H]1CN(c1ncc(F)c(N3CCCC3)n1)C2. The van der Waals surface area contributed by atoms with Crippen molar-refractivity contribution >= 4 is 11.8 Å². The fraction of sp³-hybridized carbons (Fsp3) is 0.750. The Bertz CT molecular complexity index is 565. The first kappa shape index (κ1) is 15.1. The van der Waals surface area contributed by atoms with E-state index in [-0.39, 0.29) is 5.82 Å². The molecule has 0 spiro atoms. The highest BCUT2D eigenvalue weighted by Crippen LogP contribution is 2.26. The Labute approximate surface area is 136 Å². The second-order valence-electron chi connectivity index (χ2n) is 6.94. The third-order valence-electron chi connectivity index (χ3n) is 5.14. The number of aromatic nitrogens is 2. The molecule has 0 radical (unpaired) electrons. The van der Waals surface area contributed by atoms with Gasteiger partial charge in [-0.05, 0) is 19.9 Å².